The first-order valence-electron chi connectivity index (χ1n) is 4.92. The van der Waals surface area contributed by atoms with E-state index in [1.807, 2.05) is 0 Å². The van der Waals surface area contributed by atoms with Crippen molar-refractivity contribution in [3.8, 4) is 0 Å². The van der Waals surface area contributed by atoms with E-state index >= 15 is 0 Å². The van der Waals surface area contributed by atoms with Gasteiger partial charge in [-0.25, -0.2) is 0 Å². The predicted octanol–water partition coefficient (Wildman–Crippen LogP) is 2.61. The molecular formula is C10H9F3N2O3S. The van der Waals surface area contributed by atoms with Gasteiger partial charge in [-0.2, -0.15) is 13.2 Å². The van der Waals surface area contributed by atoms with Crippen molar-refractivity contribution in [1.82, 2.24) is 5.32 Å². The summed E-state index contributed by atoms with van der Waals surface area (Å²) in [6, 6.07) is 3.70. The van der Waals surface area contributed by atoms with Crippen LogP contribution < -0.4 is 5.32 Å². The quantitative estimate of drug-likeness (QED) is 0.526. The Morgan fingerprint density at radius 1 is 1.47 bits per heavy atom. The lowest BCUT2D eigenvalue weighted by Crippen LogP contribution is -2.34. The zero-order valence-electron chi connectivity index (χ0n) is 9.65. The number of nitrogens with one attached hydrogen (secondary N) is 1. The number of hydrogen-bond acceptors (Lipinski definition) is 4. The lowest BCUT2D eigenvalue weighted by atomic mass is 10.1. The van der Waals surface area contributed by atoms with E-state index in [4.69, 9.17) is 0 Å². The molecular weight excluding hydrogens is 285 g/mol. The molecule has 0 aliphatic heterocycles. The summed E-state index contributed by atoms with van der Waals surface area (Å²) in [6.07, 6.45) is -2.89. The molecule has 0 saturated carbocycles. The molecule has 19 heavy (non-hydrogen) atoms. The number of benzene rings is 1. The second-order valence-electron chi connectivity index (χ2n) is 3.44. The van der Waals surface area contributed by atoms with Crippen molar-refractivity contribution in [2.75, 3.05) is 12.8 Å². The van der Waals surface area contributed by atoms with Crippen LogP contribution in [0.2, 0.25) is 0 Å². The molecule has 5 nitrogen and oxygen atoms in total. The van der Waals surface area contributed by atoms with E-state index in [1.54, 1.807) is 11.6 Å². The van der Waals surface area contributed by atoms with Crippen molar-refractivity contribution >= 4 is 23.4 Å². The summed E-state index contributed by atoms with van der Waals surface area (Å²) in [7, 11) is 0. The van der Waals surface area contributed by atoms with Crippen molar-refractivity contribution in [3.05, 3.63) is 33.9 Å². The number of thioether (sulfide) groups is 1. The maximum Gasteiger partial charge on any atom is 0.405 e. The van der Waals surface area contributed by atoms with Crippen LogP contribution in [0.4, 0.5) is 18.9 Å². The highest BCUT2D eigenvalue weighted by atomic mass is 32.2. The first-order valence-corrected chi connectivity index (χ1v) is 6.14. The second-order valence-corrected chi connectivity index (χ2v) is 4.32. The molecule has 0 unspecified atom stereocenters. The van der Waals surface area contributed by atoms with Crippen molar-refractivity contribution in [3.63, 3.8) is 0 Å². The molecule has 1 aromatic carbocycles. The molecule has 0 saturated heterocycles. The zero-order chi connectivity index (χ0) is 14.6. The number of hydrogen-bond donors (Lipinski definition) is 1. The van der Waals surface area contributed by atoms with Gasteiger partial charge in [0.1, 0.15) is 12.1 Å². The van der Waals surface area contributed by atoms with E-state index in [2.05, 4.69) is 0 Å². The highest BCUT2D eigenvalue weighted by Crippen LogP contribution is 2.25. The first kappa shape index (κ1) is 15.3. The van der Waals surface area contributed by atoms with Gasteiger partial charge in [0.2, 0.25) is 0 Å². The molecule has 0 fully saturated rings. The molecule has 1 N–H and O–H groups in total. The summed E-state index contributed by atoms with van der Waals surface area (Å²) >= 11 is 1.22. The fourth-order valence-electron chi connectivity index (χ4n) is 1.26. The smallest absolute Gasteiger partial charge is 0.343 e. The molecule has 0 atom stereocenters. The van der Waals surface area contributed by atoms with Crippen molar-refractivity contribution in [2.45, 2.75) is 11.1 Å². The van der Waals surface area contributed by atoms with Gasteiger partial charge in [-0.3, -0.25) is 14.9 Å². The van der Waals surface area contributed by atoms with Crippen LogP contribution in [0.25, 0.3) is 0 Å². The molecule has 0 aromatic heterocycles. The highest BCUT2D eigenvalue weighted by Gasteiger charge is 2.29. The fourth-order valence-corrected chi connectivity index (χ4v) is 1.70. The van der Waals surface area contributed by atoms with Crippen LogP contribution in [0, 0.1) is 10.1 Å². The number of nitrogens with zero attached hydrogens (tertiary/aromatic N) is 1. The van der Waals surface area contributed by atoms with Gasteiger partial charge in [-0.15, -0.1) is 11.8 Å². The van der Waals surface area contributed by atoms with E-state index < -0.39 is 29.2 Å². The molecule has 1 amide bonds. The maximum atomic E-state index is 12.0. The number of amides is 1. The summed E-state index contributed by atoms with van der Waals surface area (Å²) in [5.74, 6) is -1.13. The Morgan fingerprint density at radius 2 is 2.11 bits per heavy atom. The minimum atomic E-state index is -4.57. The minimum absolute atomic E-state index is 0.388. The summed E-state index contributed by atoms with van der Waals surface area (Å²) in [5, 5.41) is 12.3. The van der Waals surface area contributed by atoms with Gasteiger partial charge in [0.05, 0.1) is 4.92 Å². The Labute approximate surface area is 110 Å². The standard InChI is InChI=1S/C10H9F3N2O3S/c1-19-6-2-3-8(15(17)18)7(4-6)9(16)14-5-10(11,12)13/h2-4H,5H2,1H3,(H,14,16). The normalized spacial score (nSPS) is 11.2. The third kappa shape index (κ3) is 4.43. The van der Waals surface area contributed by atoms with E-state index in [1.165, 1.54) is 23.9 Å². The van der Waals surface area contributed by atoms with Crippen molar-refractivity contribution in [2.24, 2.45) is 0 Å². The number of nitro groups is 1. The minimum Gasteiger partial charge on any atom is -0.343 e. The van der Waals surface area contributed by atoms with Crippen LogP contribution >= 0.6 is 11.8 Å². The van der Waals surface area contributed by atoms with Crippen LogP contribution in [-0.4, -0.2) is 29.8 Å². The molecule has 1 rings (SSSR count). The van der Waals surface area contributed by atoms with Gasteiger partial charge in [0.25, 0.3) is 11.6 Å². The molecule has 0 bridgehead atoms. The zero-order valence-corrected chi connectivity index (χ0v) is 10.5. The van der Waals surface area contributed by atoms with Gasteiger partial charge in [-0.05, 0) is 18.4 Å². The lowest BCUT2D eigenvalue weighted by Gasteiger charge is -2.09. The van der Waals surface area contributed by atoms with Gasteiger partial charge in [-0.1, -0.05) is 0 Å². The number of nitro benzene ring substituents is 1. The second kappa shape index (κ2) is 5.91. The number of halogens is 3. The van der Waals surface area contributed by atoms with Gasteiger partial charge in [0, 0.05) is 11.0 Å². The number of carbonyl (C=O) groups excluding carboxylic acids is 1. The third-order valence-corrected chi connectivity index (χ3v) is 2.82. The van der Waals surface area contributed by atoms with Gasteiger partial charge < -0.3 is 5.32 Å². The Kier molecular flexibility index (Phi) is 4.76. The molecule has 0 spiro atoms. The summed E-state index contributed by atoms with van der Waals surface area (Å²) in [6.45, 7) is -1.54. The molecule has 104 valence electrons. The van der Waals surface area contributed by atoms with Gasteiger partial charge in [0.15, 0.2) is 0 Å². The predicted molar refractivity (Wildman–Crippen MR) is 63.3 cm³/mol. The van der Waals surface area contributed by atoms with Crippen LogP contribution in [0.3, 0.4) is 0 Å². The van der Waals surface area contributed by atoms with E-state index in [-0.39, 0.29) is 5.56 Å². The average molecular weight is 294 g/mol. The summed E-state index contributed by atoms with van der Waals surface area (Å²) in [4.78, 5) is 22.0. The fraction of sp³-hybridized carbons (Fsp3) is 0.300. The molecule has 0 aliphatic rings. The molecule has 9 heteroatoms. The first-order chi connectivity index (χ1) is 8.74. The van der Waals surface area contributed by atoms with E-state index in [9.17, 15) is 28.1 Å². The number of rotatable bonds is 4. The Bertz CT molecular complexity index is 505. The summed E-state index contributed by atoms with van der Waals surface area (Å²) < 4.78 is 36.0. The van der Waals surface area contributed by atoms with Gasteiger partial charge >= 0.3 is 6.18 Å². The number of alkyl halides is 3. The largest absolute Gasteiger partial charge is 0.405 e. The lowest BCUT2D eigenvalue weighted by molar-refractivity contribution is -0.385. The van der Waals surface area contributed by atoms with Crippen molar-refractivity contribution < 1.29 is 22.9 Å². The Hall–Kier alpha value is -1.77. The average Bonchev–Trinajstić information content (AvgIpc) is 2.34. The topological polar surface area (TPSA) is 72.2 Å². The Balaban J connectivity index is 3.02. The van der Waals surface area contributed by atoms with Crippen LogP contribution in [0.15, 0.2) is 23.1 Å². The molecule has 0 heterocycles. The molecule has 0 aliphatic carbocycles. The van der Waals surface area contributed by atoms with Crippen LogP contribution in [-0.2, 0) is 0 Å². The third-order valence-electron chi connectivity index (χ3n) is 2.09. The highest BCUT2D eigenvalue weighted by molar-refractivity contribution is 7.98. The van der Waals surface area contributed by atoms with Crippen molar-refractivity contribution in [1.29, 1.82) is 0 Å². The molecule has 1 aromatic rings. The monoisotopic (exact) mass is 294 g/mol. The van der Waals surface area contributed by atoms with Crippen LogP contribution in [0.5, 0.6) is 0 Å². The molecule has 0 radical (unpaired) electrons. The number of carbonyl (C=O) groups is 1. The Morgan fingerprint density at radius 3 is 2.58 bits per heavy atom. The van der Waals surface area contributed by atoms with Crippen LogP contribution in [0.1, 0.15) is 10.4 Å². The van der Waals surface area contributed by atoms with E-state index in [0.717, 1.165) is 6.07 Å². The van der Waals surface area contributed by atoms with E-state index in [0.29, 0.717) is 4.90 Å². The summed E-state index contributed by atoms with van der Waals surface area (Å²) in [5.41, 5.74) is -0.918. The SMILES string of the molecule is CSc1ccc([N+](=O)[O-])c(C(=O)NCC(F)(F)F)c1. The maximum absolute atomic E-state index is 12.0.